The number of rotatable bonds is 6. The quantitative estimate of drug-likeness (QED) is 0.751. The maximum absolute atomic E-state index is 12.9. The number of amides is 2. The van der Waals surface area contributed by atoms with Crippen molar-refractivity contribution in [2.75, 3.05) is 32.8 Å². The van der Waals surface area contributed by atoms with E-state index in [2.05, 4.69) is 6.58 Å². The first-order chi connectivity index (χ1) is 12.6. The summed E-state index contributed by atoms with van der Waals surface area (Å²) < 4.78 is 5.53. The third-order valence-corrected chi connectivity index (χ3v) is 5.25. The number of piperidine rings is 2. The summed E-state index contributed by atoms with van der Waals surface area (Å²) >= 11 is 0. The Morgan fingerprint density at radius 2 is 2.19 bits per heavy atom. The zero-order chi connectivity index (χ0) is 18.5. The molecule has 0 saturated carbocycles. The van der Waals surface area contributed by atoms with Gasteiger partial charge in [-0.2, -0.15) is 0 Å². The average molecular weight is 394 g/mol. The molecule has 0 aliphatic carbocycles. The van der Waals surface area contributed by atoms with Gasteiger partial charge < -0.3 is 20.3 Å². The third-order valence-electron chi connectivity index (χ3n) is 5.25. The highest BCUT2D eigenvalue weighted by molar-refractivity contribution is 5.94. The lowest BCUT2D eigenvalue weighted by Crippen LogP contribution is -2.57. The number of ether oxygens (including phenoxy) is 1. The predicted molar refractivity (Wildman–Crippen MR) is 107 cm³/mol. The summed E-state index contributed by atoms with van der Waals surface area (Å²) in [5.41, 5.74) is 6.30. The van der Waals surface area contributed by atoms with Crippen LogP contribution in [0.25, 0.3) is 0 Å². The monoisotopic (exact) mass is 393 g/mol. The number of nitrogens with zero attached hydrogens (tertiary/aromatic N) is 2. The number of benzene rings is 1. The number of halogens is 1. The molecule has 0 unspecified atom stereocenters. The van der Waals surface area contributed by atoms with Gasteiger partial charge in [0.15, 0.2) is 0 Å². The lowest BCUT2D eigenvalue weighted by atomic mass is 9.83. The second-order valence-electron chi connectivity index (χ2n) is 6.91. The van der Waals surface area contributed by atoms with Crippen LogP contribution in [0.2, 0.25) is 0 Å². The van der Waals surface area contributed by atoms with Crippen molar-refractivity contribution in [3.8, 4) is 5.75 Å². The van der Waals surface area contributed by atoms with Gasteiger partial charge in [-0.05, 0) is 37.0 Å². The van der Waals surface area contributed by atoms with Crippen LogP contribution in [-0.2, 0) is 4.79 Å². The fourth-order valence-electron chi connectivity index (χ4n) is 4.02. The van der Waals surface area contributed by atoms with E-state index in [1.165, 1.54) is 0 Å². The fourth-order valence-corrected chi connectivity index (χ4v) is 4.02. The van der Waals surface area contributed by atoms with Gasteiger partial charge >= 0.3 is 0 Å². The molecule has 2 aliphatic rings. The molecule has 0 spiro atoms. The molecule has 2 amide bonds. The normalized spacial score (nSPS) is 21.9. The minimum Gasteiger partial charge on any atom is -0.490 e. The first-order valence-corrected chi connectivity index (χ1v) is 9.26. The molecule has 2 atom stereocenters. The van der Waals surface area contributed by atoms with E-state index >= 15 is 0 Å². The smallest absolute Gasteiger partial charge is 0.253 e. The highest BCUT2D eigenvalue weighted by atomic mass is 35.5. The lowest BCUT2D eigenvalue weighted by molar-refractivity contribution is -0.140. The van der Waals surface area contributed by atoms with Gasteiger partial charge in [0, 0.05) is 44.2 Å². The Labute approximate surface area is 166 Å². The minimum absolute atomic E-state index is 0. The van der Waals surface area contributed by atoms with Gasteiger partial charge in [0.25, 0.3) is 5.91 Å². The summed E-state index contributed by atoms with van der Waals surface area (Å²) in [6.07, 6.45) is 3.89. The molecule has 6 nitrogen and oxygen atoms in total. The SMILES string of the molecule is C=CCOc1cccc(C(=O)N2CC[C@@H]3[C@@H](CCC(=O)N3CCN)C2)c1.Cl. The average Bonchev–Trinajstić information content (AvgIpc) is 2.68. The molecule has 2 fully saturated rings. The van der Waals surface area contributed by atoms with Crippen LogP contribution < -0.4 is 10.5 Å². The zero-order valence-electron chi connectivity index (χ0n) is 15.5. The van der Waals surface area contributed by atoms with E-state index in [0.29, 0.717) is 56.4 Å². The van der Waals surface area contributed by atoms with Crippen molar-refractivity contribution in [3.63, 3.8) is 0 Å². The molecule has 2 heterocycles. The highest BCUT2D eigenvalue weighted by Crippen LogP contribution is 2.31. The zero-order valence-corrected chi connectivity index (χ0v) is 16.3. The molecular weight excluding hydrogens is 366 g/mol. The minimum atomic E-state index is 0. The molecule has 0 aromatic heterocycles. The van der Waals surface area contributed by atoms with Crippen molar-refractivity contribution >= 4 is 24.2 Å². The number of nitrogens with two attached hydrogens (primary N) is 1. The number of likely N-dealkylation sites (tertiary alicyclic amines) is 2. The summed E-state index contributed by atoms with van der Waals surface area (Å²) in [6, 6.07) is 7.49. The molecule has 2 N–H and O–H groups in total. The van der Waals surface area contributed by atoms with E-state index in [-0.39, 0.29) is 30.3 Å². The number of hydrogen-bond acceptors (Lipinski definition) is 4. The summed E-state index contributed by atoms with van der Waals surface area (Å²) in [4.78, 5) is 28.9. The molecule has 2 saturated heterocycles. The van der Waals surface area contributed by atoms with E-state index in [9.17, 15) is 9.59 Å². The van der Waals surface area contributed by atoms with E-state index in [1.807, 2.05) is 28.0 Å². The van der Waals surface area contributed by atoms with Gasteiger partial charge in [0.1, 0.15) is 12.4 Å². The number of carbonyl (C=O) groups excluding carboxylic acids is 2. The molecule has 0 radical (unpaired) electrons. The molecule has 1 aromatic carbocycles. The van der Waals surface area contributed by atoms with Crippen LogP contribution in [0, 0.1) is 5.92 Å². The largest absolute Gasteiger partial charge is 0.490 e. The van der Waals surface area contributed by atoms with Crippen LogP contribution >= 0.6 is 12.4 Å². The van der Waals surface area contributed by atoms with Crippen molar-refractivity contribution in [1.29, 1.82) is 0 Å². The van der Waals surface area contributed by atoms with Crippen molar-refractivity contribution in [2.45, 2.75) is 25.3 Å². The van der Waals surface area contributed by atoms with Crippen LogP contribution in [0.4, 0.5) is 0 Å². The van der Waals surface area contributed by atoms with Crippen molar-refractivity contribution in [1.82, 2.24) is 9.80 Å². The Bertz CT molecular complexity index is 682. The molecule has 2 aliphatic heterocycles. The Morgan fingerprint density at radius 1 is 1.37 bits per heavy atom. The summed E-state index contributed by atoms with van der Waals surface area (Å²) in [5, 5.41) is 0. The Morgan fingerprint density at radius 3 is 2.93 bits per heavy atom. The Kier molecular flexibility index (Phi) is 7.68. The highest BCUT2D eigenvalue weighted by Gasteiger charge is 2.40. The van der Waals surface area contributed by atoms with Gasteiger partial charge in [0.2, 0.25) is 5.91 Å². The molecule has 3 rings (SSSR count). The van der Waals surface area contributed by atoms with Crippen molar-refractivity contribution in [3.05, 3.63) is 42.5 Å². The summed E-state index contributed by atoms with van der Waals surface area (Å²) in [5.74, 6) is 1.22. The maximum Gasteiger partial charge on any atom is 0.253 e. The third kappa shape index (κ3) is 4.82. The van der Waals surface area contributed by atoms with Gasteiger partial charge in [-0.15, -0.1) is 12.4 Å². The fraction of sp³-hybridized carbons (Fsp3) is 0.500. The second kappa shape index (κ2) is 9.76. The van der Waals surface area contributed by atoms with E-state index in [1.54, 1.807) is 12.1 Å². The molecule has 0 bridgehead atoms. The molecule has 27 heavy (non-hydrogen) atoms. The summed E-state index contributed by atoms with van der Waals surface area (Å²) in [7, 11) is 0. The van der Waals surface area contributed by atoms with Gasteiger partial charge in [-0.3, -0.25) is 9.59 Å². The van der Waals surface area contributed by atoms with Crippen LogP contribution in [0.1, 0.15) is 29.6 Å². The Balaban J connectivity index is 0.00000261. The van der Waals surface area contributed by atoms with Gasteiger partial charge in [-0.1, -0.05) is 18.7 Å². The number of hydrogen-bond donors (Lipinski definition) is 1. The molecule has 7 heteroatoms. The van der Waals surface area contributed by atoms with Gasteiger partial charge in [0.05, 0.1) is 0 Å². The lowest BCUT2D eigenvalue weighted by Gasteiger charge is -2.47. The molecule has 148 valence electrons. The first-order valence-electron chi connectivity index (χ1n) is 9.26. The number of carbonyl (C=O) groups is 2. The van der Waals surface area contributed by atoms with E-state index in [4.69, 9.17) is 10.5 Å². The van der Waals surface area contributed by atoms with Crippen LogP contribution in [-0.4, -0.2) is 60.4 Å². The first kappa shape index (κ1) is 21.3. The van der Waals surface area contributed by atoms with E-state index in [0.717, 1.165) is 12.8 Å². The van der Waals surface area contributed by atoms with Crippen LogP contribution in [0.15, 0.2) is 36.9 Å². The predicted octanol–water partition coefficient (Wildman–Crippen LogP) is 2.09. The maximum atomic E-state index is 12.9. The van der Waals surface area contributed by atoms with Crippen molar-refractivity contribution < 1.29 is 14.3 Å². The van der Waals surface area contributed by atoms with Crippen molar-refractivity contribution in [2.24, 2.45) is 11.7 Å². The molecular formula is C20H28ClN3O3. The second-order valence-corrected chi connectivity index (χ2v) is 6.91. The van der Waals surface area contributed by atoms with Crippen LogP contribution in [0.5, 0.6) is 5.75 Å². The van der Waals surface area contributed by atoms with E-state index < -0.39 is 0 Å². The van der Waals surface area contributed by atoms with Gasteiger partial charge in [-0.25, -0.2) is 0 Å². The van der Waals surface area contributed by atoms with Crippen LogP contribution in [0.3, 0.4) is 0 Å². The topological polar surface area (TPSA) is 75.9 Å². The summed E-state index contributed by atoms with van der Waals surface area (Å²) in [6.45, 7) is 6.48. The standard InChI is InChI=1S/C20H27N3O3.ClH/c1-2-12-26-17-5-3-4-15(13-17)20(25)22-10-8-18-16(14-22)6-7-19(24)23(18)11-9-21;/h2-5,13,16,18H,1,6-12,14,21H2;1H/t16-,18+;/m0./s1. The Hall–Kier alpha value is -2.05. The number of fused-ring (bicyclic) bond motifs is 1. The molecule has 1 aromatic rings.